The lowest BCUT2D eigenvalue weighted by molar-refractivity contribution is 0.382. The Kier molecular flexibility index (Phi) is 4.38. The maximum atomic E-state index is 13.4. The molecule has 1 aromatic carbocycles. The molecule has 1 fully saturated rings. The second-order valence-electron chi connectivity index (χ2n) is 4.54. The molecule has 0 amide bonds. The summed E-state index contributed by atoms with van der Waals surface area (Å²) in [6.45, 7) is 0.755. The molecular weight excluding hydrogens is 319 g/mol. The zero-order valence-corrected chi connectivity index (χ0v) is 11.3. The highest BCUT2D eigenvalue weighted by Crippen LogP contribution is 2.29. The van der Waals surface area contributed by atoms with E-state index in [1.807, 2.05) is 0 Å². The average Bonchev–Trinajstić information content (AvgIpc) is 2.48. The maximum Gasteiger partial charge on any atom is 0.235 e. The van der Waals surface area contributed by atoms with Gasteiger partial charge in [0.05, 0.1) is 5.25 Å². The van der Waals surface area contributed by atoms with Crippen molar-refractivity contribution in [1.29, 1.82) is 0 Å². The summed E-state index contributed by atoms with van der Waals surface area (Å²) in [4.78, 5) is 0. The lowest BCUT2D eigenvalue weighted by atomic mass is 10.2. The highest BCUT2D eigenvalue weighted by Gasteiger charge is 2.32. The fourth-order valence-corrected chi connectivity index (χ4v) is 3.51. The van der Waals surface area contributed by atoms with E-state index in [0.717, 1.165) is 0 Å². The van der Waals surface area contributed by atoms with Gasteiger partial charge in [-0.15, -0.1) is 0 Å². The van der Waals surface area contributed by atoms with E-state index in [9.17, 15) is 30.4 Å². The van der Waals surface area contributed by atoms with E-state index in [1.165, 1.54) is 4.72 Å². The van der Waals surface area contributed by atoms with Crippen molar-refractivity contribution in [3.05, 3.63) is 29.1 Å². The van der Waals surface area contributed by atoms with Crippen molar-refractivity contribution in [3.63, 3.8) is 0 Å². The minimum atomic E-state index is -4.25. The Morgan fingerprint density at radius 1 is 0.857 bits per heavy atom. The molecule has 1 aliphatic rings. The first-order valence-electron chi connectivity index (χ1n) is 5.99. The summed E-state index contributed by atoms with van der Waals surface area (Å²) in [6.07, 6.45) is 0.343. The predicted molar refractivity (Wildman–Crippen MR) is 64.7 cm³/mol. The Balaban J connectivity index is 2.39. The first-order valence-corrected chi connectivity index (χ1v) is 7.54. The van der Waals surface area contributed by atoms with Crippen LogP contribution in [0.15, 0.2) is 0 Å². The first kappa shape index (κ1) is 16.0. The Morgan fingerprint density at radius 3 is 1.76 bits per heavy atom. The van der Waals surface area contributed by atoms with Crippen molar-refractivity contribution in [1.82, 2.24) is 5.32 Å². The molecule has 0 bridgehead atoms. The molecule has 118 valence electrons. The summed E-state index contributed by atoms with van der Waals surface area (Å²) in [5, 5.41) is 1.93. The van der Waals surface area contributed by atoms with Crippen molar-refractivity contribution in [3.8, 4) is 0 Å². The lowest BCUT2D eigenvalue weighted by Crippen LogP contribution is -2.38. The van der Waals surface area contributed by atoms with Crippen LogP contribution >= 0.6 is 0 Å². The second kappa shape index (κ2) is 5.76. The third kappa shape index (κ3) is 2.95. The van der Waals surface area contributed by atoms with Gasteiger partial charge in [-0.25, -0.2) is 30.4 Å². The molecule has 0 radical (unpaired) electrons. The zero-order chi connectivity index (χ0) is 15.8. The van der Waals surface area contributed by atoms with Gasteiger partial charge in [0.25, 0.3) is 0 Å². The largest absolute Gasteiger partial charge is 0.317 e. The van der Waals surface area contributed by atoms with Crippen LogP contribution < -0.4 is 10.0 Å². The van der Waals surface area contributed by atoms with E-state index in [-0.39, 0.29) is 12.8 Å². The van der Waals surface area contributed by atoms with Gasteiger partial charge in [0.1, 0.15) is 5.69 Å². The van der Waals surface area contributed by atoms with Crippen LogP contribution in [0.1, 0.15) is 12.8 Å². The van der Waals surface area contributed by atoms with Gasteiger partial charge >= 0.3 is 0 Å². The molecule has 4 nitrogen and oxygen atoms in total. The lowest BCUT2D eigenvalue weighted by Gasteiger charge is -2.23. The average molecular weight is 330 g/mol. The molecule has 0 aliphatic carbocycles. The molecule has 21 heavy (non-hydrogen) atoms. The number of sulfonamides is 1. The molecule has 10 heteroatoms. The summed E-state index contributed by atoms with van der Waals surface area (Å²) in [5.41, 5.74) is -1.55. The minimum absolute atomic E-state index is 0.171. The highest BCUT2D eigenvalue weighted by atomic mass is 32.2. The fraction of sp³-hybridized carbons (Fsp3) is 0.455. The predicted octanol–water partition coefficient (Wildman–Crippen LogP) is 1.88. The van der Waals surface area contributed by atoms with Crippen LogP contribution in [0.4, 0.5) is 27.6 Å². The van der Waals surface area contributed by atoms with Gasteiger partial charge in [-0.1, -0.05) is 0 Å². The Hall–Kier alpha value is -1.42. The summed E-state index contributed by atoms with van der Waals surface area (Å²) in [7, 11) is -4.25. The molecule has 0 saturated carbocycles. The molecule has 0 unspecified atom stereocenters. The molecule has 0 atom stereocenters. The summed E-state index contributed by atoms with van der Waals surface area (Å²) >= 11 is 0. The fourth-order valence-electron chi connectivity index (χ4n) is 2.03. The molecule has 1 saturated heterocycles. The van der Waals surface area contributed by atoms with Gasteiger partial charge in [0.15, 0.2) is 23.3 Å². The van der Waals surface area contributed by atoms with Crippen molar-refractivity contribution in [2.45, 2.75) is 18.1 Å². The summed E-state index contributed by atoms with van der Waals surface area (Å²) < 4.78 is 91.2. The number of rotatable bonds is 3. The minimum Gasteiger partial charge on any atom is -0.317 e. The van der Waals surface area contributed by atoms with Gasteiger partial charge in [0, 0.05) is 0 Å². The molecule has 1 heterocycles. The highest BCUT2D eigenvalue weighted by molar-refractivity contribution is 7.93. The third-order valence-electron chi connectivity index (χ3n) is 3.18. The molecule has 0 aromatic heterocycles. The topological polar surface area (TPSA) is 58.2 Å². The van der Waals surface area contributed by atoms with Crippen LogP contribution in [0.5, 0.6) is 0 Å². The molecule has 2 rings (SSSR count). The molecule has 1 aromatic rings. The quantitative estimate of drug-likeness (QED) is 0.505. The van der Waals surface area contributed by atoms with Crippen LogP contribution in [0.25, 0.3) is 0 Å². The molecule has 1 aliphatic heterocycles. The van der Waals surface area contributed by atoms with Crippen molar-refractivity contribution in [2.24, 2.45) is 0 Å². The van der Waals surface area contributed by atoms with Crippen molar-refractivity contribution >= 4 is 15.7 Å². The normalized spacial score (nSPS) is 17.0. The van der Waals surface area contributed by atoms with Gasteiger partial charge in [-0.3, -0.25) is 4.72 Å². The van der Waals surface area contributed by atoms with Crippen molar-refractivity contribution < 1.29 is 30.4 Å². The SMILES string of the molecule is O=S(=O)(Nc1c(F)c(F)c(F)c(F)c1F)C1CCNCC1. The van der Waals surface area contributed by atoms with Crippen molar-refractivity contribution in [2.75, 3.05) is 17.8 Å². The van der Waals surface area contributed by atoms with E-state index in [2.05, 4.69) is 5.32 Å². The second-order valence-corrected chi connectivity index (χ2v) is 6.50. The van der Waals surface area contributed by atoms with E-state index in [1.54, 1.807) is 0 Å². The molecule has 2 N–H and O–H groups in total. The zero-order valence-electron chi connectivity index (χ0n) is 10.5. The number of nitrogens with one attached hydrogen (secondary N) is 2. The van der Waals surface area contributed by atoms with Gasteiger partial charge in [0.2, 0.25) is 15.8 Å². The first-order chi connectivity index (χ1) is 9.75. The monoisotopic (exact) mass is 330 g/mol. The van der Waals surface area contributed by atoms with Crippen LogP contribution in [-0.2, 0) is 10.0 Å². The number of anilines is 1. The van der Waals surface area contributed by atoms with Gasteiger partial charge in [-0.05, 0) is 25.9 Å². The van der Waals surface area contributed by atoms with Crippen LogP contribution in [0.3, 0.4) is 0 Å². The maximum absolute atomic E-state index is 13.4. The van der Waals surface area contributed by atoms with Gasteiger partial charge in [-0.2, -0.15) is 0 Å². The van der Waals surface area contributed by atoms with Crippen LogP contribution in [0.2, 0.25) is 0 Å². The standard InChI is InChI=1S/C11H11F5N2O2S/c12-6-7(13)9(15)11(10(16)8(6)14)18-21(19,20)5-1-3-17-4-2-5/h5,17-18H,1-4H2. The van der Waals surface area contributed by atoms with Crippen LogP contribution in [0, 0.1) is 29.1 Å². The Morgan fingerprint density at radius 2 is 1.29 bits per heavy atom. The molecular formula is C11H11F5N2O2S. The van der Waals surface area contributed by atoms with Gasteiger partial charge < -0.3 is 5.32 Å². The number of piperidine rings is 1. The number of benzene rings is 1. The summed E-state index contributed by atoms with van der Waals surface area (Å²) in [6, 6.07) is 0. The number of hydrogen-bond acceptors (Lipinski definition) is 3. The van der Waals surface area contributed by atoms with E-state index in [4.69, 9.17) is 0 Å². The third-order valence-corrected chi connectivity index (χ3v) is 5.02. The van der Waals surface area contributed by atoms with E-state index >= 15 is 0 Å². The molecule has 0 spiro atoms. The van der Waals surface area contributed by atoms with Crippen LogP contribution in [-0.4, -0.2) is 26.8 Å². The smallest absolute Gasteiger partial charge is 0.235 e. The number of halogens is 5. The Bertz CT molecular complexity index is 630. The Labute approximate surface area is 117 Å². The van der Waals surface area contributed by atoms with E-state index in [0.29, 0.717) is 13.1 Å². The summed E-state index contributed by atoms with van der Waals surface area (Å²) in [5.74, 6) is -11.1. The number of hydrogen-bond donors (Lipinski definition) is 2. The van der Waals surface area contributed by atoms with E-state index < -0.39 is 50.0 Å².